The van der Waals surface area contributed by atoms with Crippen molar-refractivity contribution < 1.29 is 18.7 Å². The molecule has 0 amide bonds. The van der Waals surface area contributed by atoms with Crippen LogP contribution in [0, 0.1) is 5.82 Å². The molecule has 0 saturated carbocycles. The number of ether oxygens (including phenoxy) is 1. The number of carbonyl (C=O) groups is 2. The van der Waals surface area contributed by atoms with Crippen LogP contribution in [-0.2, 0) is 20.7 Å². The van der Waals surface area contributed by atoms with E-state index in [0.717, 1.165) is 16.7 Å². The number of esters is 1. The Kier molecular flexibility index (Phi) is 6.45. The lowest BCUT2D eigenvalue weighted by Gasteiger charge is -2.25. The van der Waals surface area contributed by atoms with Crippen LogP contribution in [0.1, 0.15) is 36.5 Å². The summed E-state index contributed by atoms with van der Waals surface area (Å²) in [6, 6.07) is 14.4. The quantitative estimate of drug-likeness (QED) is 0.696. The molecule has 0 aromatic heterocycles. The molecule has 0 aliphatic carbocycles. The summed E-state index contributed by atoms with van der Waals surface area (Å²) in [4.78, 5) is 23.1. The normalized spacial score (nSPS) is 19.9. The second-order valence-corrected chi connectivity index (χ2v) is 8.04. The van der Waals surface area contributed by atoms with Gasteiger partial charge in [0.2, 0.25) is 0 Å². The summed E-state index contributed by atoms with van der Waals surface area (Å²) in [6.07, 6.45) is 5.10. The minimum atomic E-state index is -0.332. The third-order valence-corrected chi connectivity index (χ3v) is 5.38. The fourth-order valence-electron chi connectivity index (χ4n) is 3.13. The first-order chi connectivity index (χ1) is 13.0. The summed E-state index contributed by atoms with van der Waals surface area (Å²) in [5, 5.41) is -0.0186. The van der Waals surface area contributed by atoms with Crippen LogP contribution >= 0.6 is 11.8 Å². The molecule has 1 fully saturated rings. The van der Waals surface area contributed by atoms with E-state index in [2.05, 4.69) is 0 Å². The van der Waals surface area contributed by atoms with Crippen molar-refractivity contribution >= 4 is 28.9 Å². The Labute approximate surface area is 162 Å². The highest BCUT2D eigenvalue weighted by Gasteiger charge is 2.28. The second kappa shape index (κ2) is 9.00. The van der Waals surface area contributed by atoms with Crippen LogP contribution in [0.5, 0.6) is 0 Å². The van der Waals surface area contributed by atoms with Crippen molar-refractivity contribution in [2.45, 2.75) is 37.5 Å². The molecule has 0 spiro atoms. The van der Waals surface area contributed by atoms with E-state index in [-0.39, 0.29) is 34.7 Å². The topological polar surface area (TPSA) is 43.4 Å². The molecule has 1 saturated heterocycles. The molecule has 2 aromatic rings. The van der Waals surface area contributed by atoms with E-state index in [4.69, 9.17) is 4.74 Å². The van der Waals surface area contributed by atoms with E-state index in [1.54, 1.807) is 12.1 Å². The van der Waals surface area contributed by atoms with Gasteiger partial charge in [0.1, 0.15) is 11.9 Å². The van der Waals surface area contributed by atoms with E-state index in [1.165, 1.54) is 30.8 Å². The Morgan fingerprint density at radius 1 is 1.22 bits per heavy atom. The van der Waals surface area contributed by atoms with Gasteiger partial charge in [0.05, 0.1) is 6.42 Å². The van der Waals surface area contributed by atoms with Gasteiger partial charge in [-0.3, -0.25) is 9.59 Å². The molecule has 0 bridgehead atoms. The van der Waals surface area contributed by atoms with Gasteiger partial charge in [0.15, 0.2) is 5.12 Å². The zero-order chi connectivity index (χ0) is 19.2. The van der Waals surface area contributed by atoms with Crippen molar-refractivity contribution in [2.24, 2.45) is 0 Å². The lowest BCUT2D eigenvalue weighted by Crippen LogP contribution is -2.30. The third kappa shape index (κ3) is 5.79. The second-order valence-electron chi connectivity index (χ2n) is 6.56. The lowest BCUT2D eigenvalue weighted by molar-refractivity contribution is -0.150. The molecule has 1 aliphatic rings. The van der Waals surface area contributed by atoms with Gasteiger partial charge in [-0.1, -0.05) is 54.2 Å². The predicted octanol–water partition coefficient (Wildman–Crippen LogP) is 4.78. The van der Waals surface area contributed by atoms with E-state index in [9.17, 15) is 14.0 Å². The summed E-state index contributed by atoms with van der Waals surface area (Å²) < 4.78 is 18.5. The molecule has 2 atom stereocenters. The standard InChI is InChI=1S/C22H21FO3S/c1-15(24)27-21-13-20(26-22(25)14-21)11-8-17-4-2-3-5-18(17)12-16-6-9-19(23)10-7-16/h2-11,20-21H,12-14H2,1H3/t20-,21-/m1/s1. The van der Waals surface area contributed by atoms with Crippen molar-refractivity contribution in [3.05, 3.63) is 77.1 Å². The molecule has 1 heterocycles. The number of rotatable bonds is 5. The maximum atomic E-state index is 13.1. The summed E-state index contributed by atoms with van der Waals surface area (Å²) in [5.74, 6) is -0.515. The van der Waals surface area contributed by atoms with Gasteiger partial charge in [-0.05, 0) is 41.3 Å². The highest BCUT2D eigenvalue weighted by molar-refractivity contribution is 8.14. The third-order valence-electron chi connectivity index (χ3n) is 4.36. The molecular formula is C22H21FO3S. The average molecular weight is 384 g/mol. The summed E-state index contributed by atoms with van der Waals surface area (Å²) in [5.41, 5.74) is 3.16. The van der Waals surface area contributed by atoms with Gasteiger partial charge in [0, 0.05) is 18.6 Å². The van der Waals surface area contributed by atoms with Crippen LogP contribution in [0.25, 0.3) is 6.08 Å². The molecule has 3 nitrogen and oxygen atoms in total. The van der Waals surface area contributed by atoms with Gasteiger partial charge in [-0.2, -0.15) is 0 Å². The van der Waals surface area contributed by atoms with Crippen molar-refractivity contribution in [1.29, 1.82) is 0 Å². The number of cyclic esters (lactones) is 1. The smallest absolute Gasteiger partial charge is 0.307 e. The number of hydrogen-bond acceptors (Lipinski definition) is 4. The summed E-state index contributed by atoms with van der Waals surface area (Å²) in [6.45, 7) is 1.52. The Bertz CT molecular complexity index is 843. The highest BCUT2D eigenvalue weighted by Crippen LogP contribution is 2.28. The van der Waals surface area contributed by atoms with Crippen LogP contribution in [0.3, 0.4) is 0 Å². The summed E-state index contributed by atoms with van der Waals surface area (Å²) >= 11 is 1.21. The number of thioether (sulfide) groups is 1. The van der Waals surface area contributed by atoms with Crippen molar-refractivity contribution in [2.75, 3.05) is 0 Å². The molecule has 140 valence electrons. The first-order valence-electron chi connectivity index (χ1n) is 8.87. The molecule has 0 unspecified atom stereocenters. The molecule has 5 heteroatoms. The lowest BCUT2D eigenvalue weighted by atomic mass is 9.98. The average Bonchev–Trinajstić information content (AvgIpc) is 2.62. The Balaban J connectivity index is 1.72. The molecule has 0 radical (unpaired) electrons. The van der Waals surface area contributed by atoms with E-state index >= 15 is 0 Å². The van der Waals surface area contributed by atoms with Crippen molar-refractivity contribution in [3.8, 4) is 0 Å². The first kappa shape index (κ1) is 19.4. The minimum Gasteiger partial charge on any atom is -0.458 e. The summed E-state index contributed by atoms with van der Waals surface area (Å²) in [7, 11) is 0. The monoisotopic (exact) mass is 384 g/mol. The zero-order valence-electron chi connectivity index (χ0n) is 15.1. The number of benzene rings is 2. The molecule has 27 heavy (non-hydrogen) atoms. The Morgan fingerprint density at radius 2 is 1.96 bits per heavy atom. The first-order valence-corrected chi connectivity index (χ1v) is 9.75. The number of hydrogen-bond donors (Lipinski definition) is 0. The van der Waals surface area contributed by atoms with Crippen LogP contribution in [0.15, 0.2) is 54.6 Å². The minimum absolute atomic E-state index is 0.0158. The Hall–Kier alpha value is -2.40. The van der Waals surface area contributed by atoms with Gasteiger partial charge in [0.25, 0.3) is 0 Å². The van der Waals surface area contributed by atoms with Gasteiger partial charge in [-0.25, -0.2) is 4.39 Å². The van der Waals surface area contributed by atoms with Crippen LogP contribution in [-0.4, -0.2) is 22.4 Å². The van der Waals surface area contributed by atoms with Crippen LogP contribution in [0.4, 0.5) is 4.39 Å². The van der Waals surface area contributed by atoms with E-state index in [0.29, 0.717) is 12.8 Å². The van der Waals surface area contributed by atoms with Gasteiger partial charge < -0.3 is 4.74 Å². The maximum Gasteiger partial charge on any atom is 0.307 e. The molecule has 2 aromatic carbocycles. The highest BCUT2D eigenvalue weighted by atomic mass is 32.2. The maximum absolute atomic E-state index is 13.1. The van der Waals surface area contributed by atoms with Crippen molar-refractivity contribution in [3.63, 3.8) is 0 Å². The fourth-order valence-corrected chi connectivity index (χ4v) is 4.10. The molecule has 0 N–H and O–H groups in total. The van der Waals surface area contributed by atoms with Gasteiger partial charge >= 0.3 is 5.97 Å². The molecule has 3 rings (SSSR count). The molecular weight excluding hydrogens is 363 g/mol. The zero-order valence-corrected chi connectivity index (χ0v) is 15.9. The van der Waals surface area contributed by atoms with Crippen LogP contribution < -0.4 is 0 Å². The predicted molar refractivity (Wildman–Crippen MR) is 106 cm³/mol. The Morgan fingerprint density at radius 3 is 2.70 bits per heavy atom. The van der Waals surface area contributed by atoms with Crippen molar-refractivity contribution in [1.82, 2.24) is 0 Å². The van der Waals surface area contributed by atoms with E-state index in [1.807, 2.05) is 36.4 Å². The number of carbonyl (C=O) groups excluding carboxylic acids is 2. The SMILES string of the molecule is CC(=O)S[C@H]1CC(=O)O[C@H](C=Cc2ccccc2Cc2ccc(F)cc2)C1. The van der Waals surface area contributed by atoms with Crippen LogP contribution in [0.2, 0.25) is 0 Å². The largest absolute Gasteiger partial charge is 0.458 e. The van der Waals surface area contributed by atoms with E-state index < -0.39 is 0 Å². The number of halogens is 1. The van der Waals surface area contributed by atoms with Gasteiger partial charge in [-0.15, -0.1) is 0 Å². The molecule has 1 aliphatic heterocycles. The fraction of sp³-hybridized carbons (Fsp3) is 0.273.